The van der Waals surface area contributed by atoms with Crippen LogP contribution in [0.4, 0.5) is 0 Å². The Labute approximate surface area is 154 Å². The number of fused-ring (bicyclic) bond motifs is 1. The van der Waals surface area contributed by atoms with Crippen LogP contribution in [-0.4, -0.2) is 62.5 Å². The van der Waals surface area contributed by atoms with Crippen LogP contribution in [0.2, 0.25) is 0 Å². The molecule has 6 nitrogen and oxygen atoms in total. The van der Waals surface area contributed by atoms with Gasteiger partial charge in [0.25, 0.3) is 5.91 Å². The van der Waals surface area contributed by atoms with Gasteiger partial charge in [-0.15, -0.1) is 0 Å². The van der Waals surface area contributed by atoms with Gasteiger partial charge < -0.3 is 14.4 Å². The lowest BCUT2D eigenvalue weighted by Gasteiger charge is -2.30. The summed E-state index contributed by atoms with van der Waals surface area (Å²) in [5.74, 6) is 0.0559. The van der Waals surface area contributed by atoms with Gasteiger partial charge in [0, 0.05) is 32.4 Å². The quantitative estimate of drug-likeness (QED) is 0.916. The Balaban J connectivity index is 1.70. The van der Waals surface area contributed by atoms with E-state index >= 15 is 0 Å². The summed E-state index contributed by atoms with van der Waals surface area (Å²) in [6.07, 6.45) is 6.93. The fraction of sp³-hybridized carbons (Fsp3) is 0.600. The number of rotatable bonds is 3. The van der Waals surface area contributed by atoms with Gasteiger partial charge in [-0.25, -0.2) is 4.98 Å². The number of hydrogen-bond donors (Lipinski definition) is 1. The highest BCUT2D eigenvalue weighted by molar-refractivity contribution is 5.94. The molecule has 140 valence electrons. The van der Waals surface area contributed by atoms with Crippen LogP contribution in [0, 0.1) is 6.92 Å². The van der Waals surface area contributed by atoms with Gasteiger partial charge in [0.1, 0.15) is 5.65 Å². The first-order valence-corrected chi connectivity index (χ1v) is 9.80. The van der Waals surface area contributed by atoms with Gasteiger partial charge in [-0.3, -0.25) is 9.69 Å². The number of carbonyl (C=O) groups is 1. The molecule has 1 atom stereocenters. The maximum absolute atomic E-state index is 13.2. The summed E-state index contributed by atoms with van der Waals surface area (Å²) in [4.78, 5) is 22.1. The minimum Gasteiger partial charge on any atom is -0.392 e. The molecule has 1 amide bonds. The molecule has 2 aliphatic heterocycles. The molecule has 1 unspecified atom stereocenters. The van der Waals surface area contributed by atoms with E-state index in [9.17, 15) is 9.90 Å². The molecule has 2 fully saturated rings. The number of aliphatic hydroxyl groups is 1. The molecular formula is C20H28N4O2. The normalized spacial score (nSPS) is 22.1. The molecule has 1 N–H and O–H groups in total. The first-order valence-electron chi connectivity index (χ1n) is 9.80. The molecule has 2 aromatic heterocycles. The fourth-order valence-corrected chi connectivity index (χ4v) is 4.21. The number of aliphatic hydroxyl groups excluding tert-OH is 1. The van der Waals surface area contributed by atoms with Gasteiger partial charge in [-0.2, -0.15) is 0 Å². The zero-order valence-corrected chi connectivity index (χ0v) is 15.5. The Morgan fingerprint density at radius 1 is 1.23 bits per heavy atom. The van der Waals surface area contributed by atoms with Crippen LogP contribution in [0.15, 0.2) is 18.3 Å². The van der Waals surface area contributed by atoms with Crippen LogP contribution in [-0.2, 0) is 6.54 Å². The number of hydrogen-bond acceptors (Lipinski definition) is 4. The molecule has 0 radical (unpaired) electrons. The average molecular weight is 356 g/mol. The predicted molar refractivity (Wildman–Crippen MR) is 100 cm³/mol. The van der Waals surface area contributed by atoms with E-state index < -0.39 is 0 Å². The summed E-state index contributed by atoms with van der Waals surface area (Å²) >= 11 is 0. The molecule has 2 aromatic rings. The summed E-state index contributed by atoms with van der Waals surface area (Å²) in [6.45, 7) is 5.95. The van der Waals surface area contributed by atoms with Gasteiger partial charge in [-0.1, -0.05) is 6.07 Å². The standard InChI is InChI=1S/C20H28N4O2/c1-15-7-5-12-24-17(14-22-9-6-8-16(25)13-22)18(21-19(15)24)20(26)23-10-3-2-4-11-23/h5,7,12,16,25H,2-4,6,8-11,13-14H2,1H3. The Kier molecular flexibility index (Phi) is 4.96. The van der Waals surface area contributed by atoms with Gasteiger partial charge in [0.15, 0.2) is 5.69 Å². The molecule has 26 heavy (non-hydrogen) atoms. The van der Waals surface area contributed by atoms with Crippen molar-refractivity contribution in [3.8, 4) is 0 Å². The molecule has 6 heteroatoms. The smallest absolute Gasteiger partial charge is 0.274 e. The number of aryl methyl sites for hydroxylation is 1. The van der Waals surface area contributed by atoms with E-state index in [0.29, 0.717) is 18.8 Å². The van der Waals surface area contributed by atoms with Gasteiger partial charge in [-0.05, 0) is 57.2 Å². The summed E-state index contributed by atoms with van der Waals surface area (Å²) < 4.78 is 2.06. The molecule has 4 heterocycles. The summed E-state index contributed by atoms with van der Waals surface area (Å²) in [5, 5.41) is 10.0. The largest absolute Gasteiger partial charge is 0.392 e. The lowest BCUT2D eigenvalue weighted by atomic mass is 10.1. The number of likely N-dealkylation sites (tertiary alicyclic amines) is 2. The molecule has 0 aromatic carbocycles. The number of piperidine rings is 2. The topological polar surface area (TPSA) is 61.1 Å². The number of nitrogens with zero attached hydrogens (tertiary/aromatic N) is 4. The Bertz CT molecular complexity index is 794. The monoisotopic (exact) mass is 356 g/mol. The summed E-state index contributed by atoms with van der Waals surface area (Å²) in [6, 6.07) is 4.04. The second-order valence-electron chi connectivity index (χ2n) is 7.68. The third-order valence-electron chi connectivity index (χ3n) is 5.64. The third-order valence-corrected chi connectivity index (χ3v) is 5.64. The van der Waals surface area contributed by atoms with E-state index in [1.165, 1.54) is 6.42 Å². The van der Waals surface area contributed by atoms with E-state index in [-0.39, 0.29) is 12.0 Å². The highest BCUT2D eigenvalue weighted by atomic mass is 16.3. The Morgan fingerprint density at radius 3 is 2.81 bits per heavy atom. The minimum atomic E-state index is -0.272. The van der Waals surface area contributed by atoms with Crippen molar-refractivity contribution in [1.29, 1.82) is 0 Å². The van der Waals surface area contributed by atoms with E-state index in [0.717, 1.165) is 62.2 Å². The van der Waals surface area contributed by atoms with Crippen molar-refractivity contribution < 1.29 is 9.90 Å². The van der Waals surface area contributed by atoms with E-state index in [1.807, 2.05) is 30.2 Å². The highest BCUT2D eigenvalue weighted by Crippen LogP contribution is 2.22. The first kappa shape index (κ1) is 17.5. The number of pyridine rings is 1. The molecule has 0 spiro atoms. The highest BCUT2D eigenvalue weighted by Gasteiger charge is 2.27. The van der Waals surface area contributed by atoms with Crippen LogP contribution < -0.4 is 0 Å². The lowest BCUT2D eigenvalue weighted by molar-refractivity contribution is 0.0646. The van der Waals surface area contributed by atoms with Crippen LogP contribution in [0.5, 0.6) is 0 Å². The van der Waals surface area contributed by atoms with Crippen molar-refractivity contribution in [3.05, 3.63) is 35.3 Å². The lowest BCUT2D eigenvalue weighted by Crippen LogP contribution is -2.39. The Hall–Kier alpha value is -1.92. The van der Waals surface area contributed by atoms with Crippen molar-refractivity contribution in [1.82, 2.24) is 19.2 Å². The zero-order valence-electron chi connectivity index (χ0n) is 15.5. The SMILES string of the molecule is Cc1cccn2c(CN3CCCC(O)C3)c(C(=O)N3CCCCC3)nc12. The molecule has 2 saturated heterocycles. The number of β-amino-alcohol motifs (C(OH)–C–C–N with tert-alkyl or cyclic N) is 1. The minimum absolute atomic E-state index is 0.0559. The fourth-order valence-electron chi connectivity index (χ4n) is 4.21. The second-order valence-corrected chi connectivity index (χ2v) is 7.68. The summed E-state index contributed by atoms with van der Waals surface area (Å²) in [7, 11) is 0. The number of amides is 1. The van der Waals surface area contributed by atoms with Crippen LogP contribution in [0.1, 0.15) is 53.8 Å². The van der Waals surface area contributed by atoms with Gasteiger partial charge in [0.2, 0.25) is 0 Å². The summed E-state index contributed by atoms with van der Waals surface area (Å²) in [5.41, 5.74) is 3.47. The second kappa shape index (κ2) is 7.37. The predicted octanol–water partition coefficient (Wildman–Crippen LogP) is 2.23. The van der Waals surface area contributed by atoms with E-state index in [2.05, 4.69) is 9.30 Å². The van der Waals surface area contributed by atoms with Crippen LogP contribution in [0.25, 0.3) is 5.65 Å². The van der Waals surface area contributed by atoms with Crippen molar-refractivity contribution >= 4 is 11.6 Å². The number of carbonyl (C=O) groups excluding carboxylic acids is 1. The van der Waals surface area contributed by atoms with E-state index in [4.69, 9.17) is 4.98 Å². The molecule has 4 rings (SSSR count). The third kappa shape index (κ3) is 3.35. The molecule has 0 saturated carbocycles. The molecular weight excluding hydrogens is 328 g/mol. The maximum atomic E-state index is 13.2. The zero-order chi connectivity index (χ0) is 18.1. The number of aromatic nitrogens is 2. The number of imidazole rings is 1. The van der Waals surface area contributed by atoms with Gasteiger partial charge >= 0.3 is 0 Å². The van der Waals surface area contributed by atoms with E-state index in [1.54, 1.807) is 0 Å². The van der Waals surface area contributed by atoms with Crippen molar-refractivity contribution in [2.45, 2.75) is 51.7 Å². The Morgan fingerprint density at radius 2 is 2.04 bits per heavy atom. The van der Waals surface area contributed by atoms with Crippen molar-refractivity contribution in [2.24, 2.45) is 0 Å². The van der Waals surface area contributed by atoms with Crippen molar-refractivity contribution in [3.63, 3.8) is 0 Å². The first-order chi connectivity index (χ1) is 12.6. The van der Waals surface area contributed by atoms with Crippen LogP contribution >= 0.6 is 0 Å². The van der Waals surface area contributed by atoms with Crippen LogP contribution in [0.3, 0.4) is 0 Å². The maximum Gasteiger partial charge on any atom is 0.274 e. The molecule has 0 bridgehead atoms. The van der Waals surface area contributed by atoms with Crippen molar-refractivity contribution in [2.75, 3.05) is 26.2 Å². The average Bonchev–Trinajstić information content (AvgIpc) is 3.02. The molecule has 2 aliphatic rings. The molecule has 0 aliphatic carbocycles. The van der Waals surface area contributed by atoms with Gasteiger partial charge in [0.05, 0.1) is 11.8 Å².